The number of hydrogen-bond donors (Lipinski definition) is 0. The normalized spacial score (nSPS) is 12.0. The third-order valence-corrected chi connectivity index (χ3v) is 3.83. The molecular formula is C17H21ClN2O. The predicted octanol–water partition coefficient (Wildman–Crippen LogP) is 4.89. The fourth-order valence-corrected chi connectivity index (χ4v) is 2.62. The Morgan fingerprint density at radius 2 is 1.76 bits per heavy atom. The van der Waals surface area contributed by atoms with Gasteiger partial charge in [0.1, 0.15) is 10.8 Å². The number of hydrogen-bond acceptors (Lipinski definition) is 2. The molecule has 0 saturated heterocycles. The minimum atomic E-state index is -0.273. The van der Waals surface area contributed by atoms with Gasteiger partial charge in [-0.3, -0.25) is 4.79 Å². The molecule has 1 aromatic heterocycles. The van der Waals surface area contributed by atoms with Gasteiger partial charge in [-0.05, 0) is 32.3 Å². The minimum Gasteiger partial charge on any atom is -0.298 e. The van der Waals surface area contributed by atoms with E-state index in [0.29, 0.717) is 22.3 Å². The van der Waals surface area contributed by atoms with Crippen LogP contribution in [0.5, 0.6) is 0 Å². The first-order valence-corrected chi connectivity index (χ1v) is 7.48. The summed E-state index contributed by atoms with van der Waals surface area (Å²) < 4.78 is 1.70. The van der Waals surface area contributed by atoms with Crippen molar-refractivity contribution in [2.24, 2.45) is 0 Å². The van der Waals surface area contributed by atoms with Crippen LogP contribution in [0.4, 0.5) is 0 Å². The fourth-order valence-electron chi connectivity index (χ4n) is 2.20. The second-order valence-corrected chi connectivity index (χ2v) is 6.89. The molecule has 0 fully saturated rings. The molecule has 0 radical (unpaired) electrons. The molecule has 0 saturated carbocycles. The zero-order valence-electron chi connectivity index (χ0n) is 13.1. The van der Waals surface area contributed by atoms with Crippen LogP contribution in [0.25, 0.3) is 11.3 Å². The number of halogens is 1. The summed E-state index contributed by atoms with van der Waals surface area (Å²) in [6.45, 7) is 10.3. The molecule has 21 heavy (non-hydrogen) atoms. The van der Waals surface area contributed by atoms with Crippen molar-refractivity contribution in [2.45, 2.75) is 46.1 Å². The van der Waals surface area contributed by atoms with Crippen LogP contribution in [0.2, 0.25) is 5.15 Å². The van der Waals surface area contributed by atoms with Crippen LogP contribution in [-0.2, 0) is 5.54 Å². The average molecular weight is 305 g/mol. The van der Waals surface area contributed by atoms with E-state index < -0.39 is 0 Å². The summed E-state index contributed by atoms with van der Waals surface area (Å²) in [5.41, 5.74) is 2.98. The number of nitrogens with zero attached hydrogens (tertiary/aromatic N) is 2. The van der Waals surface area contributed by atoms with Crippen molar-refractivity contribution in [1.29, 1.82) is 0 Å². The smallest absolute Gasteiger partial charge is 0.155 e. The fraction of sp³-hybridized carbons (Fsp3) is 0.412. The Morgan fingerprint density at radius 1 is 1.19 bits per heavy atom. The van der Waals surface area contributed by atoms with Gasteiger partial charge in [-0.25, -0.2) is 4.68 Å². The highest BCUT2D eigenvalue weighted by Gasteiger charge is 2.24. The van der Waals surface area contributed by atoms with Crippen LogP contribution in [0.1, 0.15) is 56.5 Å². The van der Waals surface area contributed by atoms with E-state index in [9.17, 15) is 4.79 Å². The largest absolute Gasteiger partial charge is 0.298 e. The van der Waals surface area contributed by atoms with Crippen LogP contribution in [0, 0.1) is 0 Å². The van der Waals surface area contributed by atoms with E-state index >= 15 is 0 Å². The molecule has 0 atom stereocenters. The van der Waals surface area contributed by atoms with E-state index in [1.54, 1.807) is 4.68 Å². The lowest BCUT2D eigenvalue weighted by Crippen LogP contribution is -2.23. The van der Waals surface area contributed by atoms with Crippen molar-refractivity contribution in [3.8, 4) is 11.3 Å². The first kappa shape index (κ1) is 15.8. The Kier molecular flexibility index (Phi) is 4.24. The van der Waals surface area contributed by atoms with Gasteiger partial charge in [0, 0.05) is 5.56 Å². The lowest BCUT2D eigenvalue weighted by atomic mass is 10.00. The highest BCUT2D eigenvalue weighted by atomic mass is 35.5. The van der Waals surface area contributed by atoms with Gasteiger partial charge in [-0.15, -0.1) is 0 Å². The Morgan fingerprint density at radius 3 is 2.19 bits per heavy atom. The van der Waals surface area contributed by atoms with Crippen molar-refractivity contribution >= 4 is 17.9 Å². The van der Waals surface area contributed by atoms with Gasteiger partial charge in [0.15, 0.2) is 6.29 Å². The molecule has 112 valence electrons. The summed E-state index contributed by atoms with van der Waals surface area (Å²) in [6, 6.07) is 8.12. The maximum atomic E-state index is 11.4. The monoisotopic (exact) mass is 304 g/mol. The zero-order valence-corrected chi connectivity index (χ0v) is 13.9. The summed E-state index contributed by atoms with van der Waals surface area (Å²) >= 11 is 6.32. The van der Waals surface area contributed by atoms with Gasteiger partial charge < -0.3 is 0 Å². The molecule has 1 heterocycles. The molecule has 3 nitrogen and oxygen atoms in total. The average Bonchev–Trinajstić information content (AvgIpc) is 2.75. The Balaban J connectivity index is 2.56. The topological polar surface area (TPSA) is 34.9 Å². The highest BCUT2D eigenvalue weighted by molar-refractivity contribution is 6.32. The Labute approximate surface area is 130 Å². The van der Waals surface area contributed by atoms with E-state index in [-0.39, 0.29) is 5.54 Å². The lowest BCUT2D eigenvalue weighted by molar-refractivity contribution is 0.112. The second kappa shape index (κ2) is 5.64. The number of aldehydes is 1. The standard InChI is InChI=1S/C17H21ClN2O/c1-11(2)12-6-8-13(9-7-12)15-14(10-21)16(18)20(19-15)17(3,4)5/h6-11H,1-5H3. The molecule has 0 N–H and O–H groups in total. The third kappa shape index (κ3) is 3.03. The van der Waals surface area contributed by atoms with Gasteiger partial charge >= 0.3 is 0 Å². The minimum absolute atomic E-state index is 0.273. The molecule has 0 aliphatic heterocycles. The number of benzene rings is 1. The van der Waals surface area contributed by atoms with Gasteiger partial charge in [-0.1, -0.05) is 49.7 Å². The van der Waals surface area contributed by atoms with Crippen molar-refractivity contribution < 1.29 is 4.79 Å². The van der Waals surface area contributed by atoms with Gasteiger partial charge in [0.2, 0.25) is 0 Å². The Hall–Kier alpha value is -1.61. The molecule has 0 unspecified atom stereocenters. The van der Waals surface area contributed by atoms with Crippen molar-refractivity contribution in [3.05, 3.63) is 40.5 Å². The van der Waals surface area contributed by atoms with E-state index in [1.807, 2.05) is 32.9 Å². The van der Waals surface area contributed by atoms with Crippen molar-refractivity contribution in [3.63, 3.8) is 0 Å². The molecule has 4 heteroatoms. The molecule has 0 aliphatic rings. The van der Waals surface area contributed by atoms with Crippen molar-refractivity contribution in [2.75, 3.05) is 0 Å². The second-order valence-electron chi connectivity index (χ2n) is 6.53. The molecule has 0 amide bonds. The van der Waals surface area contributed by atoms with Crippen molar-refractivity contribution in [1.82, 2.24) is 9.78 Å². The van der Waals surface area contributed by atoms with Gasteiger partial charge in [0.25, 0.3) is 0 Å². The maximum absolute atomic E-state index is 11.4. The maximum Gasteiger partial charge on any atom is 0.155 e. The molecule has 1 aromatic carbocycles. The van der Waals surface area contributed by atoms with E-state index in [0.717, 1.165) is 11.8 Å². The third-order valence-electron chi connectivity index (χ3n) is 3.47. The van der Waals surface area contributed by atoms with Gasteiger partial charge in [-0.2, -0.15) is 5.10 Å². The number of carbonyl (C=O) groups is 1. The summed E-state index contributed by atoms with van der Waals surface area (Å²) in [5, 5.41) is 4.94. The quantitative estimate of drug-likeness (QED) is 0.756. The Bertz CT molecular complexity index is 649. The zero-order chi connectivity index (χ0) is 15.8. The molecular weight excluding hydrogens is 284 g/mol. The first-order valence-electron chi connectivity index (χ1n) is 7.10. The van der Waals surface area contributed by atoms with E-state index in [1.165, 1.54) is 5.56 Å². The molecule has 0 aliphatic carbocycles. The lowest BCUT2D eigenvalue weighted by Gasteiger charge is -2.20. The summed E-state index contributed by atoms with van der Waals surface area (Å²) in [4.78, 5) is 11.4. The van der Waals surface area contributed by atoms with Crippen LogP contribution < -0.4 is 0 Å². The number of carbonyl (C=O) groups excluding carboxylic acids is 1. The molecule has 0 spiro atoms. The molecule has 0 bridgehead atoms. The molecule has 2 aromatic rings. The van der Waals surface area contributed by atoms with E-state index in [2.05, 4.69) is 31.1 Å². The molecule has 2 rings (SSSR count). The number of rotatable bonds is 3. The SMILES string of the molecule is CC(C)c1ccc(-c2nn(C(C)(C)C)c(Cl)c2C=O)cc1. The van der Waals surface area contributed by atoms with Gasteiger partial charge in [0.05, 0.1) is 11.1 Å². The highest BCUT2D eigenvalue weighted by Crippen LogP contribution is 2.31. The van der Waals surface area contributed by atoms with Crippen LogP contribution in [-0.4, -0.2) is 16.1 Å². The number of aromatic nitrogens is 2. The summed E-state index contributed by atoms with van der Waals surface area (Å²) in [6.07, 6.45) is 0.781. The van der Waals surface area contributed by atoms with Crippen LogP contribution >= 0.6 is 11.6 Å². The van der Waals surface area contributed by atoms with Crippen LogP contribution in [0.3, 0.4) is 0 Å². The first-order chi connectivity index (χ1) is 9.75. The predicted molar refractivity (Wildman–Crippen MR) is 87.1 cm³/mol. The van der Waals surface area contributed by atoms with E-state index in [4.69, 9.17) is 11.6 Å². The van der Waals surface area contributed by atoms with Crippen LogP contribution in [0.15, 0.2) is 24.3 Å². The summed E-state index contributed by atoms with van der Waals surface area (Å²) in [7, 11) is 0. The summed E-state index contributed by atoms with van der Waals surface area (Å²) in [5.74, 6) is 0.473.